The zero-order chi connectivity index (χ0) is 15.8. The summed E-state index contributed by atoms with van der Waals surface area (Å²) in [6, 6.07) is 0.789. The van der Waals surface area contributed by atoms with Crippen molar-refractivity contribution in [2.75, 3.05) is 25.5 Å². The minimum Gasteiger partial charge on any atom is -0.398 e. The number of nitrogens with zero attached hydrogens (tertiary/aromatic N) is 1. The second-order valence-corrected chi connectivity index (χ2v) is 7.13. The van der Waals surface area contributed by atoms with Crippen LogP contribution in [-0.2, 0) is 19.6 Å². The molecule has 0 aliphatic carbocycles. The van der Waals surface area contributed by atoms with Crippen LogP contribution in [0.1, 0.15) is 0 Å². The van der Waals surface area contributed by atoms with Crippen LogP contribution in [0.25, 0.3) is 0 Å². The first-order valence-corrected chi connectivity index (χ1v) is 8.12. The molecule has 0 radical (unpaired) electrons. The first-order chi connectivity index (χ1) is 9.75. The van der Waals surface area contributed by atoms with Gasteiger partial charge in [0.25, 0.3) is 0 Å². The molecule has 0 spiro atoms. The highest BCUT2D eigenvalue weighted by Gasteiger charge is 2.38. The fourth-order valence-electron chi connectivity index (χ4n) is 1.97. The van der Waals surface area contributed by atoms with Gasteiger partial charge in [-0.15, -0.1) is 0 Å². The van der Waals surface area contributed by atoms with E-state index in [1.807, 2.05) is 0 Å². The Morgan fingerprint density at radius 2 is 2.14 bits per heavy atom. The summed E-state index contributed by atoms with van der Waals surface area (Å²) in [7, 11) is -4.25. The van der Waals surface area contributed by atoms with Crippen LogP contribution in [0.3, 0.4) is 0 Å². The molecule has 1 amide bonds. The molecule has 1 saturated heterocycles. The molecule has 10 heteroatoms. The standard InChI is InChI=1S/C11H13BrFN3O4S/c12-6-3-7(13)10(4-8(6)14)21(18,19)16-1-2-20-5-9(16)11(15)17/h3-4,9H,1-2,5,14H2,(H2,15,17). The lowest BCUT2D eigenvalue weighted by atomic mass is 10.3. The number of carbonyl (C=O) groups excluding carboxylic acids is 1. The molecule has 21 heavy (non-hydrogen) atoms. The molecule has 116 valence electrons. The van der Waals surface area contributed by atoms with Gasteiger partial charge in [-0.1, -0.05) is 0 Å². The maximum atomic E-state index is 14.0. The largest absolute Gasteiger partial charge is 0.398 e. The summed E-state index contributed by atoms with van der Waals surface area (Å²) in [6.45, 7) is -0.163. The van der Waals surface area contributed by atoms with E-state index in [1.54, 1.807) is 0 Å². The zero-order valence-electron chi connectivity index (χ0n) is 10.8. The molecule has 1 heterocycles. The Kier molecular flexibility index (Phi) is 4.51. The number of hydrogen-bond donors (Lipinski definition) is 2. The summed E-state index contributed by atoms with van der Waals surface area (Å²) in [4.78, 5) is 10.8. The minimum absolute atomic E-state index is 0.0684. The number of morpholine rings is 1. The number of nitrogen functional groups attached to an aromatic ring is 1. The maximum Gasteiger partial charge on any atom is 0.246 e. The predicted molar refractivity (Wildman–Crippen MR) is 76.2 cm³/mol. The van der Waals surface area contributed by atoms with E-state index in [0.717, 1.165) is 16.4 Å². The first kappa shape index (κ1) is 16.1. The normalized spacial score (nSPS) is 20.4. The Labute approximate surface area is 129 Å². The summed E-state index contributed by atoms with van der Waals surface area (Å²) < 4.78 is 45.2. The van der Waals surface area contributed by atoms with E-state index < -0.39 is 32.7 Å². The van der Waals surface area contributed by atoms with Gasteiger partial charge in [0.1, 0.15) is 16.8 Å². The molecule has 1 aliphatic rings. The second-order valence-electron chi connectivity index (χ2n) is 4.41. The van der Waals surface area contributed by atoms with E-state index in [2.05, 4.69) is 15.9 Å². The molecular formula is C11H13BrFN3O4S. The van der Waals surface area contributed by atoms with Gasteiger partial charge >= 0.3 is 0 Å². The van der Waals surface area contributed by atoms with Crippen molar-refractivity contribution < 1.29 is 22.3 Å². The van der Waals surface area contributed by atoms with Gasteiger partial charge in [0.15, 0.2) is 0 Å². The summed E-state index contributed by atoms with van der Waals surface area (Å²) >= 11 is 3.01. The Morgan fingerprint density at radius 3 is 2.76 bits per heavy atom. The number of amides is 1. The lowest BCUT2D eigenvalue weighted by Crippen LogP contribution is -2.54. The average molecular weight is 382 g/mol. The van der Waals surface area contributed by atoms with Gasteiger partial charge in [0.05, 0.1) is 13.2 Å². The number of rotatable bonds is 3. The third-order valence-corrected chi connectivity index (χ3v) is 5.66. The van der Waals surface area contributed by atoms with Crippen LogP contribution in [0.15, 0.2) is 21.5 Å². The second kappa shape index (κ2) is 5.87. The van der Waals surface area contributed by atoms with Crippen LogP contribution in [0.4, 0.5) is 10.1 Å². The molecule has 1 unspecified atom stereocenters. The lowest BCUT2D eigenvalue weighted by Gasteiger charge is -2.32. The Balaban J connectivity index is 2.50. The molecule has 1 aliphatic heterocycles. The number of halogens is 2. The van der Waals surface area contributed by atoms with E-state index in [4.69, 9.17) is 16.2 Å². The van der Waals surface area contributed by atoms with E-state index in [0.29, 0.717) is 0 Å². The molecule has 7 nitrogen and oxygen atoms in total. The molecule has 0 saturated carbocycles. The van der Waals surface area contributed by atoms with Crippen LogP contribution >= 0.6 is 15.9 Å². The topological polar surface area (TPSA) is 116 Å². The smallest absolute Gasteiger partial charge is 0.246 e. The predicted octanol–water partition coefficient (Wildman–Crippen LogP) is 0.0452. The first-order valence-electron chi connectivity index (χ1n) is 5.88. The van der Waals surface area contributed by atoms with Crippen LogP contribution in [0, 0.1) is 5.82 Å². The monoisotopic (exact) mass is 381 g/mol. The van der Waals surface area contributed by atoms with Gasteiger partial charge in [-0.05, 0) is 28.1 Å². The third kappa shape index (κ3) is 3.03. The minimum atomic E-state index is -4.25. The maximum absolute atomic E-state index is 14.0. The number of carbonyl (C=O) groups is 1. The van der Waals surface area contributed by atoms with Crippen molar-refractivity contribution in [2.24, 2.45) is 5.73 Å². The van der Waals surface area contributed by atoms with Crippen molar-refractivity contribution in [1.82, 2.24) is 4.31 Å². The van der Waals surface area contributed by atoms with E-state index in [-0.39, 0.29) is 29.9 Å². The van der Waals surface area contributed by atoms with E-state index in [1.165, 1.54) is 0 Å². The highest BCUT2D eigenvalue weighted by Crippen LogP contribution is 2.29. The summed E-state index contributed by atoms with van der Waals surface area (Å²) in [6.07, 6.45) is 0. The van der Waals surface area contributed by atoms with Gasteiger partial charge in [-0.2, -0.15) is 4.31 Å². The molecule has 1 fully saturated rings. The molecule has 0 aromatic heterocycles. The Hall–Kier alpha value is -1.23. The molecule has 1 aromatic carbocycles. The van der Waals surface area contributed by atoms with Crippen molar-refractivity contribution in [1.29, 1.82) is 0 Å². The number of nitrogens with two attached hydrogens (primary N) is 2. The number of anilines is 1. The summed E-state index contributed by atoms with van der Waals surface area (Å²) in [5.74, 6) is -1.82. The van der Waals surface area contributed by atoms with Gasteiger partial charge in [-0.25, -0.2) is 12.8 Å². The highest BCUT2D eigenvalue weighted by molar-refractivity contribution is 9.10. The number of hydrogen-bond acceptors (Lipinski definition) is 5. The number of primary amides is 1. The quantitative estimate of drug-likeness (QED) is 0.717. The zero-order valence-corrected chi connectivity index (χ0v) is 13.2. The highest BCUT2D eigenvalue weighted by atomic mass is 79.9. The molecular weight excluding hydrogens is 369 g/mol. The fourth-order valence-corrected chi connectivity index (χ4v) is 3.93. The van der Waals surface area contributed by atoms with Crippen molar-refractivity contribution >= 4 is 37.5 Å². The average Bonchev–Trinajstić information content (AvgIpc) is 2.42. The van der Waals surface area contributed by atoms with Gasteiger partial charge < -0.3 is 16.2 Å². The lowest BCUT2D eigenvalue weighted by molar-refractivity contribution is -0.125. The molecule has 0 bridgehead atoms. The van der Waals surface area contributed by atoms with Crippen molar-refractivity contribution in [3.63, 3.8) is 0 Å². The molecule has 1 aromatic rings. The number of benzene rings is 1. The van der Waals surface area contributed by atoms with Crippen molar-refractivity contribution in [2.45, 2.75) is 10.9 Å². The number of ether oxygens (including phenoxy) is 1. The number of sulfonamides is 1. The van der Waals surface area contributed by atoms with Crippen LogP contribution < -0.4 is 11.5 Å². The fraction of sp³-hybridized carbons (Fsp3) is 0.364. The SMILES string of the molecule is NC(=O)C1COCCN1S(=O)(=O)c1cc(N)c(Br)cc1F. The van der Waals surface area contributed by atoms with Crippen molar-refractivity contribution in [3.05, 3.63) is 22.4 Å². The van der Waals surface area contributed by atoms with Gasteiger partial charge in [0.2, 0.25) is 15.9 Å². The van der Waals surface area contributed by atoms with E-state index >= 15 is 0 Å². The summed E-state index contributed by atoms with van der Waals surface area (Å²) in [5, 5.41) is 0. The third-order valence-electron chi connectivity index (χ3n) is 3.05. The van der Waals surface area contributed by atoms with E-state index in [9.17, 15) is 17.6 Å². The van der Waals surface area contributed by atoms with Gasteiger partial charge in [0, 0.05) is 16.7 Å². The van der Waals surface area contributed by atoms with Crippen LogP contribution in [0.2, 0.25) is 0 Å². The Morgan fingerprint density at radius 1 is 1.48 bits per heavy atom. The molecule has 1 atom stereocenters. The van der Waals surface area contributed by atoms with Crippen LogP contribution in [-0.4, -0.2) is 44.4 Å². The molecule has 4 N–H and O–H groups in total. The Bertz CT molecular complexity index is 682. The van der Waals surface area contributed by atoms with Crippen molar-refractivity contribution in [3.8, 4) is 0 Å². The van der Waals surface area contributed by atoms with Crippen LogP contribution in [0.5, 0.6) is 0 Å². The summed E-state index contributed by atoms with van der Waals surface area (Å²) in [5.41, 5.74) is 10.8. The molecule has 2 rings (SSSR count). The van der Waals surface area contributed by atoms with Gasteiger partial charge in [-0.3, -0.25) is 4.79 Å².